The van der Waals surface area contributed by atoms with Gasteiger partial charge in [-0.15, -0.1) is 0 Å². The minimum Gasteiger partial charge on any atom is -0.488 e. The summed E-state index contributed by atoms with van der Waals surface area (Å²) in [7, 11) is 0. The van der Waals surface area contributed by atoms with Crippen LogP contribution in [0.2, 0.25) is 5.02 Å². The minimum atomic E-state index is -1.10. The molecule has 0 aliphatic heterocycles. The molecule has 0 heterocycles. The fourth-order valence-electron chi connectivity index (χ4n) is 2.71. The Morgan fingerprint density at radius 1 is 1.12 bits per heavy atom. The number of hydrogen-bond acceptors (Lipinski definition) is 4. The lowest BCUT2D eigenvalue weighted by Crippen LogP contribution is -2.34. The summed E-state index contributed by atoms with van der Waals surface area (Å²) in [5.74, 6) is -2.45. The number of amides is 2. The predicted molar refractivity (Wildman–Crippen MR) is 130 cm³/mol. The Balaban J connectivity index is 1.62. The molecule has 3 aromatic rings. The highest BCUT2D eigenvalue weighted by molar-refractivity contribution is 9.10. The first-order valence-electron chi connectivity index (χ1n) is 9.89. The van der Waals surface area contributed by atoms with Crippen LogP contribution in [0.5, 0.6) is 5.75 Å². The van der Waals surface area contributed by atoms with Crippen LogP contribution in [0.4, 0.5) is 10.1 Å². The van der Waals surface area contributed by atoms with Gasteiger partial charge in [-0.05, 0) is 43.3 Å². The molecule has 2 N–H and O–H groups in total. The van der Waals surface area contributed by atoms with Crippen molar-refractivity contribution in [1.82, 2.24) is 5.43 Å². The maximum Gasteiger partial charge on any atom is 0.252 e. The molecule has 0 aliphatic rings. The predicted octanol–water partition coefficient (Wildman–Crippen LogP) is 5.55. The van der Waals surface area contributed by atoms with E-state index in [4.69, 9.17) is 16.3 Å². The molecule has 3 rings (SSSR count). The van der Waals surface area contributed by atoms with Gasteiger partial charge in [0.2, 0.25) is 5.91 Å². The third kappa shape index (κ3) is 6.87. The topological polar surface area (TPSA) is 79.8 Å². The smallest absolute Gasteiger partial charge is 0.252 e. The molecule has 0 saturated carbocycles. The van der Waals surface area contributed by atoms with Crippen molar-refractivity contribution in [2.75, 3.05) is 5.32 Å². The van der Waals surface area contributed by atoms with Gasteiger partial charge in [0, 0.05) is 20.6 Å². The van der Waals surface area contributed by atoms with Gasteiger partial charge in [0.05, 0.1) is 11.9 Å². The van der Waals surface area contributed by atoms with Crippen LogP contribution in [-0.2, 0) is 16.2 Å². The van der Waals surface area contributed by atoms with Crippen LogP contribution in [-0.4, -0.2) is 18.0 Å². The fourth-order valence-corrected chi connectivity index (χ4v) is 3.28. The molecule has 1 unspecified atom stereocenters. The largest absolute Gasteiger partial charge is 0.488 e. The molecular formula is C24H20BrClFN3O3. The quantitative estimate of drug-likeness (QED) is 0.227. The third-order valence-corrected chi connectivity index (χ3v) is 5.47. The van der Waals surface area contributed by atoms with E-state index in [0.29, 0.717) is 16.3 Å². The normalized spacial score (nSPS) is 11.8. The molecule has 0 bridgehead atoms. The Morgan fingerprint density at radius 2 is 1.85 bits per heavy atom. The summed E-state index contributed by atoms with van der Waals surface area (Å²) in [6.45, 7) is 1.65. The van der Waals surface area contributed by atoms with E-state index in [9.17, 15) is 14.0 Å². The van der Waals surface area contributed by atoms with E-state index >= 15 is 0 Å². The molecule has 9 heteroatoms. The Morgan fingerprint density at radius 3 is 2.61 bits per heavy atom. The first kappa shape index (κ1) is 24.4. The van der Waals surface area contributed by atoms with E-state index in [-0.39, 0.29) is 12.3 Å². The molecule has 33 heavy (non-hydrogen) atoms. The second-order valence-electron chi connectivity index (χ2n) is 6.99. The van der Waals surface area contributed by atoms with Gasteiger partial charge in [-0.3, -0.25) is 9.59 Å². The zero-order chi connectivity index (χ0) is 23.8. The van der Waals surface area contributed by atoms with Gasteiger partial charge < -0.3 is 10.1 Å². The number of nitrogens with zero attached hydrogens (tertiary/aromatic N) is 1. The SMILES string of the molecule is CC(C(=O)NN=Cc1cc(Br)ccc1OCc1ccccc1Cl)C(=O)Nc1ccccc1F. The first-order valence-corrected chi connectivity index (χ1v) is 11.1. The summed E-state index contributed by atoms with van der Waals surface area (Å²) in [4.78, 5) is 24.6. The summed E-state index contributed by atoms with van der Waals surface area (Å²) in [5.41, 5.74) is 3.75. The van der Waals surface area contributed by atoms with Gasteiger partial charge in [-0.1, -0.05) is 57.9 Å². The van der Waals surface area contributed by atoms with Crippen molar-refractivity contribution in [1.29, 1.82) is 0 Å². The molecule has 3 aromatic carbocycles. The molecule has 0 saturated heterocycles. The lowest BCUT2D eigenvalue weighted by Gasteiger charge is -2.12. The standard InChI is InChI=1S/C24H20BrClFN3O3/c1-15(23(31)29-21-9-5-4-8-20(21)27)24(32)30-28-13-17-12-18(25)10-11-22(17)33-14-16-6-2-3-7-19(16)26/h2-13,15H,14H2,1H3,(H,29,31)(H,30,32). The summed E-state index contributed by atoms with van der Waals surface area (Å²) >= 11 is 9.57. The molecular weight excluding hydrogens is 513 g/mol. The number of anilines is 1. The molecule has 0 fully saturated rings. The average molecular weight is 533 g/mol. The molecule has 0 aromatic heterocycles. The molecule has 1 atom stereocenters. The number of rotatable bonds is 8. The number of benzene rings is 3. The van der Waals surface area contributed by atoms with E-state index in [2.05, 4.69) is 31.8 Å². The van der Waals surface area contributed by atoms with E-state index in [1.165, 1.54) is 31.3 Å². The lowest BCUT2D eigenvalue weighted by molar-refractivity contribution is -0.131. The molecule has 0 spiro atoms. The van der Waals surface area contributed by atoms with E-state index < -0.39 is 23.5 Å². The molecule has 2 amide bonds. The van der Waals surface area contributed by atoms with Gasteiger partial charge in [-0.25, -0.2) is 9.82 Å². The second kappa shape index (κ2) is 11.6. The van der Waals surface area contributed by atoms with Gasteiger partial charge in [0.25, 0.3) is 5.91 Å². The highest BCUT2D eigenvalue weighted by Gasteiger charge is 2.22. The number of hydrazone groups is 1. The maximum atomic E-state index is 13.7. The molecule has 0 radical (unpaired) electrons. The number of ether oxygens (including phenoxy) is 1. The molecule has 6 nitrogen and oxygen atoms in total. The molecule has 170 valence electrons. The second-order valence-corrected chi connectivity index (χ2v) is 8.31. The maximum absolute atomic E-state index is 13.7. The highest BCUT2D eigenvalue weighted by Crippen LogP contribution is 2.24. The number of nitrogens with one attached hydrogen (secondary N) is 2. The van der Waals surface area contributed by atoms with Crippen molar-refractivity contribution >= 4 is 51.2 Å². The Bertz CT molecular complexity index is 1190. The Labute approximate surface area is 203 Å². The Hall–Kier alpha value is -3.23. The van der Waals surface area contributed by atoms with Crippen LogP contribution in [0.1, 0.15) is 18.1 Å². The monoisotopic (exact) mass is 531 g/mol. The molecule has 0 aliphatic carbocycles. The summed E-state index contributed by atoms with van der Waals surface area (Å²) in [6, 6.07) is 18.4. The van der Waals surface area contributed by atoms with Crippen molar-refractivity contribution in [3.63, 3.8) is 0 Å². The van der Waals surface area contributed by atoms with Crippen LogP contribution >= 0.6 is 27.5 Å². The summed E-state index contributed by atoms with van der Waals surface area (Å²) in [6.07, 6.45) is 1.41. The van der Waals surface area contributed by atoms with Crippen LogP contribution in [0.15, 0.2) is 76.3 Å². The van der Waals surface area contributed by atoms with E-state index in [0.717, 1.165) is 10.0 Å². The first-order chi connectivity index (χ1) is 15.8. The average Bonchev–Trinajstić information content (AvgIpc) is 2.80. The number of halogens is 3. The van der Waals surface area contributed by atoms with Crippen molar-refractivity contribution in [3.8, 4) is 5.75 Å². The van der Waals surface area contributed by atoms with Gasteiger partial charge in [-0.2, -0.15) is 5.10 Å². The van der Waals surface area contributed by atoms with Crippen LogP contribution in [0.3, 0.4) is 0 Å². The Kier molecular flexibility index (Phi) is 8.57. The third-order valence-electron chi connectivity index (χ3n) is 4.61. The number of carbonyl (C=O) groups is 2. The summed E-state index contributed by atoms with van der Waals surface area (Å²) < 4.78 is 20.4. The van der Waals surface area contributed by atoms with E-state index in [1.54, 1.807) is 24.3 Å². The number of carbonyl (C=O) groups excluding carboxylic acids is 2. The van der Waals surface area contributed by atoms with Crippen molar-refractivity contribution < 1.29 is 18.7 Å². The zero-order valence-electron chi connectivity index (χ0n) is 17.5. The van der Waals surface area contributed by atoms with Gasteiger partial charge in [0.1, 0.15) is 24.1 Å². The fraction of sp³-hybridized carbons (Fsp3) is 0.125. The van der Waals surface area contributed by atoms with E-state index in [1.807, 2.05) is 24.3 Å². The van der Waals surface area contributed by atoms with Gasteiger partial charge >= 0.3 is 0 Å². The van der Waals surface area contributed by atoms with Crippen LogP contribution in [0, 0.1) is 11.7 Å². The van der Waals surface area contributed by atoms with Crippen molar-refractivity contribution in [2.45, 2.75) is 13.5 Å². The van der Waals surface area contributed by atoms with Gasteiger partial charge in [0.15, 0.2) is 0 Å². The number of hydrogen-bond donors (Lipinski definition) is 2. The van der Waals surface area contributed by atoms with Crippen LogP contribution in [0.25, 0.3) is 0 Å². The summed E-state index contributed by atoms with van der Waals surface area (Å²) in [5, 5.41) is 6.92. The van der Waals surface area contributed by atoms with Crippen molar-refractivity contribution in [2.24, 2.45) is 11.0 Å². The van der Waals surface area contributed by atoms with Crippen LogP contribution < -0.4 is 15.5 Å². The lowest BCUT2D eigenvalue weighted by atomic mass is 10.1. The zero-order valence-corrected chi connectivity index (χ0v) is 19.9. The minimum absolute atomic E-state index is 0.0000899. The highest BCUT2D eigenvalue weighted by atomic mass is 79.9. The van der Waals surface area contributed by atoms with Crippen molar-refractivity contribution in [3.05, 3.63) is 93.2 Å². The number of para-hydroxylation sites is 1.